The molecule has 2 heterocycles. The fourth-order valence-corrected chi connectivity index (χ4v) is 3.86. The summed E-state index contributed by atoms with van der Waals surface area (Å²) in [6.07, 6.45) is 3.19. The molecule has 5 heteroatoms. The van der Waals surface area contributed by atoms with Crippen molar-refractivity contribution in [2.24, 2.45) is 0 Å². The molecule has 0 unspecified atom stereocenters. The number of likely N-dealkylation sites (tertiary alicyclic amines) is 1. The summed E-state index contributed by atoms with van der Waals surface area (Å²) in [6.45, 7) is 3.47. The molecule has 3 aromatic rings. The van der Waals surface area contributed by atoms with Crippen LogP contribution in [0.2, 0.25) is 0 Å². The molecule has 27 heavy (non-hydrogen) atoms. The van der Waals surface area contributed by atoms with Crippen molar-refractivity contribution in [3.05, 3.63) is 59.9 Å². The Kier molecular flexibility index (Phi) is 5.10. The highest BCUT2D eigenvalue weighted by molar-refractivity contribution is 5.78. The van der Waals surface area contributed by atoms with E-state index in [0.29, 0.717) is 19.4 Å². The van der Waals surface area contributed by atoms with Crippen LogP contribution in [0.5, 0.6) is 5.75 Å². The predicted octanol–water partition coefficient (Wildman–Crippen LogP) is 4.26. The monoisotopic (exact) mass is 363 g/mol. The van der Waals surface area contributed by atoms with Crippen LogP contribution in [0.25, 0.3) is 11.0 Å². The first-order chi connectivity index (χ1) is 13.2. The zero-order valence-corrected chi connectivity index (χ0v) is 15.6. The maximum Gasteiger partial charge on any atom is 0.223 e. The number of rotatable bonds is 6. The summed E-state index contributed by atoms with van der Waals surface area (Å²) < 4.78 is 5.52. The number of ether oxygens (including phenoxy) is 1. The smallest absolute Gasteiger partial charge is 0.223 e. The lowest BCUT2D eigenvalue weighted by atomic mass is 10.0. The summed E-state index contributed by atoms with van der Waals surface area (Å²) in [4.78, 5) is 22.8. The van der Waals surface area contributed by atoms with Gasteiger partial charge >= 0.3 is 0 Å². The average molecular weight is 363 g/mol. The molecule has 5 nitrogen and oxygen atoms in total. The number of nitrogens with zero attached hydrogens (tertiary/aromatic N) is 2. The summed E-state index contributed by atoms with van der Waals surface area (Å²) in [5, 5.41) is 0. The lowest BCUT2D eigenvalue weighted by molar-refractivity contribution is -0.132. The Hall–Kier alpha value is -2.82. The second kappa shape index (κ2) is 7.82. The van der Waals surface area contributed by atoms with Gasteiger partial charge in [0, 0.05) is 19.4 Å². The SMILES string of the molecule is CCOc1ccc([C@H]2CCCN2C(=O)CCc2nc3ccccc3[nH]2)cc1. The fraction of sp³-hybridized carbons (Fsp3) is 0.364. The Labute approximate surface area is 159 Å². The molecule has 1 N–H and O–H groups in total. The molecule has 0 saturated carbocycles. The molecule has 1 amide bonds. The number of carbonyl (C=O) groups excluding carboxylic acids is 1. The van der Waals surface area contributed by atoms with Gasteiger partial charge in [0.15, 0.2) is 0 Å². The summed E-state index contributed by atoms with van der Waals surface area (Å²) in [7, 11) is 0. The van der Waals surface area contributed by atoms with Crippen molar-refractivity contribution in [3.63, 3.8) is 0 Å². The van der Waals surface area contributed by atoms with Crippen molar-refractivity contribution in [1.82, 2.24) is 14.9 Å². The van der Waals surface area contributed by atoms with Gasteiger partial charge in [-0.1, -0.05) is 24.3 Å². The Morgan fingerprint density at radius 2 is 2.04 bits per heavy atom. The van der Waals surface area contributed by atoms with E-state index in [0.717, 1.165) is 42.0 Å². The first-order valence-electron chi connectivity index (χ1n) is 9.70. The lowest BCUT2D eigenvalue weighted by Gasteiger charge is -2.25. The third kappa shape index (κ3) is 3.82. The van der Waals surface area contributed by atoms with Gasteiger partial charge in [0.2, 0.25) is 5.91 Å². The molecule has 1 aromatic heterocycles. The average Bonchev–Trinajstić information content (AvgIpc) is 3.34. The fourth-order valence-electron chi connectivity index (χ4n) is 3.86. The molecule has 2 aromatic carbocycles. The Bertz CT molecular complexity index is 884. The molecule has 1 atom stereocenters. The van der Waals surface area contributed by atoms with Crippen LogP contribution in [-0.4, -0.2) is 33.9 Å². The van der Waals surface area contributed by atoms with E-state index in [1.165, 1.54) is 5.56 Å². The van der Waals surface area contributed by atoms with Crippen molar-refractivity contribution in [2.45, 2.75) is 38.6 Å². The molecule has 140 valence electrons. The number of amides is 1. The van der Waals surface area contributed by atoms with E-state index in [-0.39, 0.29) is 11.9 Å². The second-order valence-corrected chi connectivity index (χ2v) is 6.95. The van der Waals surface area contributed by atoms with Crippen LogP contribution in [0.3, 0.4) is 0 Å². The highest BCUT2D eigenvalue weighted by atomic mass is 16.5. The van der Waals surface area contributed by atoms with Gasteiger partial charge < -0.3 is 14.6 Å². The van der Waals surface area contributed by atoms with Gasteiger partial charge in [-0.05, 0) is 49.6 Å². The van der Waals surface area contributed by atoms with Gasteiger partial charge in [0.25, 0.3) is 0 Å². The van der Waals surface area contributed by atoms with Crippen LogP contribution in [-0.2, 0) is 11.2 Å². The molecule has 1 aliphatic rings. The minimum atomic E-state index is 0.170. The molecule has 0 aliphatic carbocycles. The number of fused-ring (bicyclic) bond motifs is 1. The third-order valence-corrected chi connectivity index (χ3v) is 5.16. The van der Waals surface area contributed by atoms with Gasteiger partial charge in [0.1, 0.15) is 11.6 Å². The maximum atomic E-state index is 12.8. The van der Waals surface area contributed by atoms with Crippen molar-refractivity contribution in [3.8, 4) is 5.75 Å². The maximum absolute atomic E-state index is 12.8. The van der Waals surface area contributed by atoms with E-state index in [1.807, 2.05) is 48.2 Å². The summed E-state index contributed by atoms with van der Waals surface area (Å²) >= 11 is 0. The number of imidazole rings is 1. The molecule has 1 fully saturated rings. The zero-order chi connectivity index (χ0) is 18.6. The van der Waals surface area contributed by atoms with Crippen LogP contribution in [0.4, 0.5) is 0 Å². The number of benzene rings is 2. The molecule has 1 aliphatic heterocycles. The van der Waals surface area contributed by atoms with E-state index in [4.69, 9.17) is 4.74 Å². The number of hydrogen-bond donors (Lipinski definition) is 1. The highest BCUT2D eigenvalue weighted by Crippen LogP contribution is 2.33. The Morgan fingerprint density at radius 1 is 1.22 bits per heavy atom. The van der Waals surface area contributed by atoms with E-state index in [9.17, 15) is 4.79 Å². The van der Waals surface area contributed by atoms with Crippen molar-refractivity contribution < 1.29 is 9.53 Å². The minimum Gasteiger partial charge on any atom is -0.494 e. The normalized spacial score (nSPS) is 16.8. The van der Waals surface area contributed by atoms with E-state index in [1.54, 1.807) is 0 Å². The first kappa shape index (κ1) is 17.6. The number of H-pyrrole nitrogens is 1. The standard InChI is InChI=1S/C22H25N3O2/c1-2-27-17-11-9-16(10-12-17)20-8-5-15-25(20)22(26)14-13-21-23-18-6-3-4-7-19(18)24-21/h3-4,6-7,9-12,20H,2,5,8,13-15H2,1H3,(H,23,24)/t20-/m1/s1. The Balaban J connectivity index is 1.41. The molecule has 0 bridgehead atoms. The van der Waals surface area contributed by atoms with Crippen molar-refractivity contribution >= 4 is 16.9 Å². The highest BCUT2D eigenvalue weighted by Gasteiger charge is 2.29. The molecular weight excluding hydrogens is 338 g/mol. The number of para-hydroxylation sites is 2. The van der Waals surface area contributed by atoms with Crippen LogP contribution < -0.4 is 4.74 Å². The first-order valence-corrected chi connectivity index (χ1v) is 9.70. The Morgan fingerprint density at radius 3 is 2.81 bits per heavy atom. The molecule has 0 spiro atoms. The number of aromatic amines is 1. The molecule has 4 rings (SSSR count). The summed E-state index contributed by atoms with van der Waals surface area (Å²) in [6, 6.07) is 16.3. The van der Waals surface area contributed by atoms with Gasteiger partial charge in [-0.3, -0.25) is 4.79 Å². The predicted molar refractivity (Wildman–Crippen MR) is 106 cm³/mol. The van der Waals surface area contributed by atoms with E-state index in [2.05, 4.69) is 22.1 Å². The number of aryl methyl sites for hydroxylation is 1. The van der Waals surface area contributed by atoms with Gasteiger partial charge in [-0.25, -0.2) is 4.98 Å². The third-order valence-electron chi connectivity index (χ3n) is 5.16. The molecule has 0 radical (unpaired) electrons. The van der Waals surface area contributed by atoms with E-state index < -0.39 is 0 Å². The number of hydrogen-bond acceptors (Lipinski definition) is 3. The quantitative estimate of drug-likeness (QED) is 0.712. The summed E-state index contributed by atoms with van der Waals surface area (Å²) in [5.74, 6) is 1.95. The zero-order valence-electron chi connectivity index (χ0n) is 15.6. The molecular formula is C22H25N3O2. The molecule has 1 saturated heterocycles. The van der Waals surface area contributed by atoms with Crippen LogP contribution in [0, 0.1) is 0 Å². The lowest BCUT2D eigenvalue weighted by Crippen LogP contribution is -2.30. The van der Waals surface area contributed by atoms with Crippen LogP contribution in [0.15, 0.2) is 48.5 Å². The van der Waals surface area contributed by atoms with Gasteiger partial charge in [0.05, 0.1) is 23.7 Å². The number of aromatic nitrogens is 2. The minimum absolute atomic E-state index is 0.170. The van der Waals surface area contributed by atoms with Crippen molar-refractivity contribution in [2.75, 3.05) is 13.2 Å². The van der Waals surface area contributed by atoms with Crippen LogP contribution >= 0.6 is 0 Å². The second-order valence-electron chi connectivity index (χ2n) is 6.95. The van der Waals surface area contributed by atoms with Crippen LogP contribution in [0.1, 0.15) is 43.6 Å². The summed E-state index contributed by atoms with van der Waals surface area (Å²) in [5.41, 5.74) is 3.16. The number of nitrogens with one attached hydrogen (secondary N) is 1. The van der Waals surface area contributed by atoms with Gasteiger partial charge in [-0.15, -0.1) is 0 Å². The largest absolute Gasteiger partial charge is 0.494 e. The number of carbonyl (C=O) groups is 1. The van der Waals surface area contributed by atoms with Crippen molar-refractivity contribution in [1.29, 1.82) is 0 Å². The van der Waals surface area contributed by atoms with E-state index >= 15 is 0 Å². The van der Waals surface area contributed by atoms with Gasteiger partial charge in [-0.2, -0.15) is 0 Å². The topological polar surface area (TPSA) is 58.2 Å².